The van der Waals surface area contributed by atoms with Crippen molar-refractivity contribution in [2.75, 3.05) is 6.54 Å². The lowest BCUT2D eigenvalue weighted by atomic mass is 9.96. The fraction of sp³-hybridized carbons (Fsp3) is 0.533. The molecule has 1 N–H and O–H groups in total. The molecule has 1 fully saturated rings. The van der Waals surface area contributed by atoms with Crippen LogP contribution in [0.15, 0.2) is 24.3 Å². The molecule has 2 atom stereocenters. The number of likely N-dealkylation sites (tertiary alicyclic amines) is 1. The normalized spacial score (nSPS) is 22.7. The molecular formula is C15H21NO2. The molecule has 2 unspecified atom stereocenters. The zero-order valence-corrected chi connectivity index (χ0v) is 11.1. The largest absolute Gasteiger partial charge is 0.480 e. The molecule has 1 aliphatic heterocycles. The van der Waals surface area contributed by atoms with Crippen molar-refractivity contribution in [1.82, 2.24) is 4.90 Å². The standard InChI is InChI=1S/C15H21NO2/c1-11-6-5-8-13(10-11)14(15(17)18)16-9-4-3-7-12(16)2/h5-6,8,10,12,14H,3-4,7,9H2,1-2H3,(H,17,18). The highest BCUT2D eigenvalue weighted by Gasteiger charge is 2.32. The Morgan fingerprint density at radius 3 is 2.83 bits per heavy atom. The number of aryl methyl sites for hydroxylation is 1. The highest BCUT2D eigenvalue weighted by atomic mass is 16.4. The zero-order chi connectivity index (χ0) is 13.1. The number of benzene rings is 1. The van der Waals surface area contributed by atoms with Gasteiger partial charge in [0.2, 0.25) is 0 Å². The molecule has 2 rings (SSSR count). The van der Waals surface area contributed by atoms with E-state index in [1.807, 2.05) is 31.2 Å². The second-order valence-corrected chi connectivity index (χ2v) is 5.24. The Balaban J connectivity index is 2.30. The maximum absolute atomic E-state index is 11.6. The molecule has 3 heteroatoms. The van der Waals surface area contributed by atoms with E-state index in [1.165, 1.54) is 6.42 Å². The van der Waals surface area contributed by atoms with E-state index in [0.29, 0.717) is 6.04 Å². The molecule has 98 valence electrons. The van der Waals surface area contributed by atoms with Crippen molar-refractivity contribution in [3.8, 4) is 0 Å². The van der Waals surface area contributed by atoms with Gasteiger partial charge in [-0.3, -0.25) is 9.69 Å². The maximum Gasteiger partial charge on any atom is 0.325 e. The lowest BCUT2D eigenvalue weighted by molar-refractivity contribution is -0.145. The Hall–Kier alpha value is -1.35. The molecule has 1 aromatic carbocycles. The summed E-state index contributed by atoms with van der Waals surface area (Å²) in [5, 5.41) is 9.55. The number of carbonyl (C=O) groups is 1. The second kappa shape index (κ2) is 5.53. The van der Waals surface area contributed by atoms with Gasteiger partial charge in [0.25, 0.3) is 0 Å². The van der Waals surface area contributed by atoms with Crippen molar-refractivity contribution in [3.63, 3.8) is 0 Å². The number of aliphatic carboxylic acids is 1. The van der Waals surface area contributed by atoms with E-state index in [0.717, 1.165) is 30.5 Å². The van der Waals surface area contributed by atoms with Crippen molar-refractivity contribution in [2.24, 2.45) is 0 Å². The number of hydrogen-bond acceptors (Lipinski definition) is 2. The molecule has 0 spiro atoms. The summed E-state index contributed by atoms with van der Waals surface area (Å²) in [6.07, 6.45) is 3.40. The van der Waals surface area contributed by atoms with Gasteiger partial charge in [0, 0.05) is 6.04 Å². The van der Waals surface area contributed by atoms with Crippen LogP contribution in [0.3, 0.4) is 0 Å². The highest BCUT2D eigenvalue weighted by molar-refractivity contribution is 5.75. The van der Waals surface area contributed by atoms with Crippen molar-refractivity contribution < 1.29 is 9.90 Å². The van der Waals surface area contributed by atoms with Crippen molar-refractivity contribution >= 4 is 5.97 Å². The van der Waals surface area contributed by atoms with Crippen LogP contribution in [0.2, 0.25) is 0 Å². The number of piperidine rings is 1. The summed E-state index contributed by atoms with van der Waals surface area (Å²) < 4.78 is 0. The molecule has 1 aliphatic rings. The lowest BCUT2D eigenvalue weighted by Crippen LogP contribution is -2.43. The fourth-order valence-electron chi connectivity index (χ4n) is 2.82. The molecular weight excluding hydrogens is 226 g/mol. The molecule has 0 saturated carbocycles. The van der Waals surface area contributed by atoms with Gasteiger partial charge < -0.3 is 5.11 Å². The molecule has 1 aromatic rings. The minimum absolute atomic E-state index is 0.348. The monoisotopic (exact) mass is 247 g/mol. The van der Waals surface area contributed by atoms with Gasteiger partial charge in [0.05, 0.1) is 0 Å². The van der Waals surface area contributed by atoms with Crippen LogP contribution >= 0.6 is 0 Å². The van der Waals surface area contributed by atoms with E-state index in [9.17, 15) is 9.90 Å². The molecule has 0 aliphatic carbocycles. The van der Waals surface area contributed by atoms with Crippen LogP contribution in [0.1, 0.15) is 43.4 Å². The number of rotatable bonds is 3. The van der Waals surface area contributed by atoms with E-state index >= 15 is 0 Å². The van der Waals surface area contributed by atoms with E-state index < -0.39 is 12.0 Å². The first kappa shape index (κ1) is 13.1. The van der Waals surface area contributed by atoms with Crippen LogP contribution in [-0.4, -0.2) is 28.6 Å². The molecule has 1 saturated heterocycles. The fourth-order valence-corrected chi connectivity index (χ4v) is 2.82. The van der Waals surface area contributed by atoms with Crippen LogP contribution in [0.4, 0.5) is 0 Å². The first-order valence-corrected chi connectivity index (χ1v) is 6.64. The van der Waals surface area contributed by atoms with Crippen LogP contribution in [0, 0.1) is 6.92 Å². The van der Waals surface area contributed by atoms with Gasteiger partial charge in [0.15, 0.2) is 0 Å². The van der Waals surface area contributed by atoms with Crippen LogP contribution in [0.5, 0.6) is 0 Å². The molecule has 0 amide bonds. The predicted octanol–water partition coefficient (Wildman–Crippen LogP) is 3.00. The highest BCUT2D eigenvalue weighted by Crippen LogP contribution is 2.29. The smallest absolute Gasteiger partial charge is 0.325 e. The first-order chi connectivity index (χ1) is 8.59. The second-order valence-electron chi connectivity index (χ2n) is 5.24. The summed E-state index contributed by atoms with van der Waals surface area (Å²) in [6.45, 7) is 5.01. The van der Waals surface area contributed by atoms with Crippen LogP contribution in [0.25, 0.3) is 0 Å². The summed E-state index contributed by atoms with van der Waals surface area (Å²) in [5.74, 6) is -0.741. The molecule has 0 radical (unpaired) electrons. The first-order valence-electron chi connectivity index (χ1n) is 6.64. The van der Waals surface area contributed by atoms with Gasteiger partial charge in [-0.15, -0.1) is 0 Å². The minimum atomic E-state index is -0.741. The summed E-state index contributed by atoms with van der Waals surface area (Å²) in [5.41, 5.74) is 2.01. The summed E-state index contributed by atoms with van der Waals surface area (Å²) >= 11 is 0. The predicted molar refractivity (Wildman–Crippen MR) is 71.6 cm³/mol. The van der Waals surface area contributed by atoms with E-state index in [-0.39, 0.29) is 0 Å². The zero-order valence-electron chi connectivity index (χ0n) is 11.1. The quantitative estimate of drug-likeness (QED) is 0.892. The lowest BCUT2D eigenvalue weighted by Gasteiger charge is -2.37. The van der Waals surface area contributed by atoms with Gasteiger partial charge in [-0.2, -0.15) is 0 Å². The van der Waals surface area contributed by atoms with Gasteiger partial charge in [-0.25, -0.2) is 0 Å². The third-order valence-electron chi connectivity index (χ3n) is 3.78. The number of carboxylic acids is 1. The molecule has 0 bridgehead atoms. The van der Waals surface area contributed by atoms with Gasteiger partial charge in [0.1, 0.15) is 6.04 Å². The number of carboxylic acid groups (broad SMARTS) is 1. The summed E-state index contributed by atoms with van der Waals surface area (Å²) in [4.78, 5) is 13.7. The SMILES string of the molecule is Cc1cccc(C(C(=O)O)N2CCCCC2C)c1. The Morgan fingerprint density at radius 1 is 1.44 bits per heavy atom. The Bertz CT molecular complexity index is 430. The van der Waals surface area contributed by atoms with Gasteiger partial charge in [-0.05, 0) is 38.8 Å². The van der Waals surface area contributed by atoms with Crippen LogP contribution in [-0.2, 0) is 4.79 Å². The topological polar surface area (TPSA) is 40.5 Å². The third-order valence-corrected chi connectivity index (χ3v) is 3.78. The summed E-state index contributed by atoms with van der Waals surface area (Å²) in [6, 6.07) is 7.70. The van der Waals surface area contributed by atoms with Crippen molar-refractivity contribution in [2.45, 2.75) is 45.2 Å². The Labute approximate surface area is 108 Å². The number of hydrogen-bond donors (Lipinski definition) is 1. The van der Waals surface area contributed by atoms with Crippen LogP contribution < -0.4 is 0 Å². The van der Waals surface area contributed by atoms with Gasteiger partial charge >= 0.3 is 5.97 Å². The van der Waals surface area contributed by atoms with E-state index in [1.54, 1.807) is 0 Å². The average Bonchev–Trinajstić information content (AvgIpc) is 2.32. The molecule has 18 heavy (non-hydrogen) atoms. The Morgan fingerprint density at radius 2 is 2.22 bits per heavy atom. The molecule has 3 nitrogen and oxygen atoms in total. The number of nitrogens with zero attached hydrogens (tertiary/aromatic N) is 1. The van der Waals surface area contributed by atoms with E-state index in [2.05, 4.69) is 11.8 Å². The minimum Gasteiger partial charge on any atom is -0.480 e. The van der Waals surface area contributed by atoms with Crippen molar-refractivity contribution in [1.29, 1.82) is 0 Å². The molecule has 0 aromatic heterocycles. The Kier molecular flexibility index (Phi) is 4.02. The van der Waals surface area contributed by atoms with Crippen molar-refractivity contribution in [3.05, 3.63) is 35.4 Å². The summed E-state index contributed by atoms with van der Waals surface area (Å²) in [7, 11) is 0. The average molecular weight is 247 g/mol. The molecule has 1 heterocycles. The van der Waals surface area contributed by atoms with E-state index in [4.69, 9.17) is 0 Å². The van der Waals surface area contributed by atoms with Gasteiger partial charge in [-0.1, -0.05) is 36.2 Å². The third kappa shape index (κ3) is 2.72. The maximum atomic E-state index is 11.6.